The second kappa shape index (κ2) is 21.3. The molecule has 0 spiro atoms. The maximum absolute atomic E-state index is 14.0. The molecule has 0 heterocycles. The average molecular weight is 818 g/mol. The second-order valence-corrected chi connectivity index (χ2v) is 14.8. The molecule has 0 aliphatic rings. The number of hydrogen-bond acceptors (Lipinski definition) is 9. The molecule has 4 rings (SSSR count). The van der Waals surface area contributed by atoms with Gasteiger partial charge in [0.25, 0.3) is 16.0 Å². The van der Waals surface area contributed by atoms with Gasteiger partial charge in [-0.2, -0.15) is 8.42 Å². The van der Waals surface area contributed by atoms with Crippen molar-refractivity contribution in [2.24, 2.45) is 0 Å². The molecule has 4 aromatic carbocycles. The van der Waals surface area contributed by atoms with Crippen LogP contribution in [0.25, 0.3) is 10.8 Å². The van der Waals surface area contributed by atoms with Crippen LogP contribution in [0, 0.1) is 0 Å². The van der Waals surface area contributed by atoms with E-state index in [-0.39, 0.29) is 44.6 Å². The fourth-order valence-corrected chi connectivity index (χ4v) is 6.69. The predicted molar refractivity (Wildman–Crippen MR) is 214 cm³/mol. The highest BCUT2D eigenvalue weighted by Gasteiger charge is 2.27. The molecule has 58 heavy (non-hydrogen) atoms. The molecule has 1 atom stereocenters. The SMILES string of the molecule is CCCN(CC(=O)NCC(=O)NCc1cccc(CC(=O)O)c1)C(=O)CNC(=O)C(Cc1ccc(CS(=O)(=O)O)cc1)NC(=O)c1c(OCC)ccc2ccccc12. The summed E-state index contributed by atoms with van der Waals surface area (Å²) in [5.41, 5.74) is 2.30. The van der Waals surface area contributed by atoms with E-state index in [4.69, 9.17) is 9.84 Å². The zero-order chi connectivity index (χ0) is 42.2. The van der Waals surface area contributed by atoms with E-state index in [9.17, 15) is 41.7 Å². The summed E-state index contributed by atoms with van der Waals surface area (Å²) >= 11 is 0. The van der Waals surface area contributed by atoms with Gasteiger partial charge < -0.3 is 36.0 Å². The smallest absolute Gasteiger partial charge is 0.307 e. The Morgan fingerprint density at radius 2 is 1.48 bits per heavy atom. The molecule has 17 heteroatoms. The van der Waals surface area contributed by atoms with Crippen LogP contribution >= 0.6 is 0 Å². The van der Waals surface area contributed by atoms with Crippen LogP contribution in [0.5, 0.6) is 5.75 Å². The van der Waals surface area contributed by atoms with E-state index >= 15 is 0 Å². The predicted octanol–water partition coefficient (Wildman–Crippen LogP) is 2.38. The highest BCUT2D eigenvalue weighted by molar-refractivity contribution is 7.85. The normalized spacial score (nSPS) is 11.6. The highest BCUT2D eigenvalue weighted by atomic mass is 32.2. The minimum Gasteiger partial charge on any atom is -0.493 e. The van der Waals surface area contributed by atoms with Gasteiger partial charge in [0, 0.05) is 19.5 Å². The van der Waals surface area contributed by atoms with Crippen molar-refractivity contribution < 1.29 is 51.6 Å². The zero-order valence-electron chi connectivity index (χ0n) is 32.2. The van der Waals surface area contributed by atoms with Crippen molar-refractivity contribution in [3.63, 3.8) is 0 Å². The summed E-state index contributed by atoms with van der Waals surface area (Å²) in [6.07, 6.45) is 0.253. The number of carboxylic acids is 1. The molecule has 0 saturated carbocycles. The van der Waals surface area contributed by atoms with Crippen LogP contribution in [0.3, 0.4) is 0 Å². The molecule has 0 saturated heterocycles. The molecule has 6 N–H and O–H groups in total. The Kier molecular flexibility index (Phi) is 16.3. The number of aliphatic carboxylic acids is 1. The van der Waals surface area contributed by atoms with Gasteiger partial charge in [-0.15, -0.1) is 0 Å². The summed E-state index contributed by atoms with van der Waals surface area (Å²) in [6, 6.07) is 22.2. The Balaban J connectivity index is 1.42. The molecule has 0 bridgehead atoms. The van der Waals surface area contributed by atoms with E-state index in [1.807, 2.05) is 18.2 Å². The number of benzene rings is 4. The Morgan fingerprint density at radius 3 is 2.17 bits per heavy atom. The molecular weight excluding hydrogens is 771 g/mol. The third-order valence-corrected chi connectivity index (χ3v) is 9.43. The number of nitrogens with one attached hydrogen (secondary N) is 4. The van der Waals surface area contributed by atoms with E-state index < -0.39 is 70.5 Å². The first-order valence-electron chi connectivity index (χ1n) is 18.5. The molecule has 0 aliphatic heterocycles. The maximum atomic E-state index is 14.0. The first-order valence-corrected chi connectivity index (χ1v) is 20.1. The molecular formula is C41H47N5O11S. The number of carbonyl (C=O) groups excluding carboxylic acids is 5. The summed E-state index contributed by atoms with van der Waals surface area (Å²) in [5, 5.41) is 20.8. The van der Waals surface area contributed by atoms with Gasteiger partial charge in [0.1, 0.15) is 17.5 Å². The van der Waals surface area contributed by atoms with E-state index in [0.29, 0.717) is 39.8 Å². The molecule has 5 amide bonds. The summed E-state index contributed by atoms with van der Waals surface area (Å²) in [5.74, 6) is -4.33. The molecule has 0 aromatic heterocycles. The lowest BCUT2D eigenvalue weighted by molar-refractivity contribution is -0.137. The number of amides is 5. The first-order chi connectivity index (χ1) is 27.6. The van der Waals surface area contributed by atoms with Crippen LogP contribution in [0.15, 0.2) is 84.9 Å². The van der Waals surface area contributed by atoms with Crippen LogP contribution in [0.2, 0.25) is 0 Å². The van der Waals surface area contributed by atoms with E-state index in [0.717, 1.165) is 5.39 Å². The summed E-state index contributed by atoms with van der Waals surface area (Å²) in [4.78, 5) is 78.5. The van der Waals surface area contributed by atoms with Crippen LogP contribution in [-0.4, -0.2) is 97.3 Å². The van der Waals surface area contributed by atoms with Crippen molar-refractivity contribution in [1.82, 2.24) is 26.2 Å². The van der Waals surface area contributed by atoms with Gasteiger partial charge in [0.05, 0.1) is 38.2 Å². The van der Waals surface area contributed by atoms with E-state index in [2.05, 4.69) is 21.3 Å². The van der Waals surface area contributed by atoms with Crippen molar-refractivity contribution in [2.45, 2.75) is 51.4 Å². The first kappa shape index (κ1) is 44.4. The van der Waals surface area contributed by atoms with Crippen LogP contribution in [-0.2, 0) is 59.2 Å². The number of carboxylic acid groups (broad SMARTS) is 1. The second-order valence-electron chi connectivity index (χ2n) is 13.3. The number of fused-ring (bicyclic) bond motifs is 1. The average Bonchev–Trinajstić information content (AvgIpc) is 3.17. The van der Waals surface area contributed by atoms with Crippen LogP contribution in [0.4, 0.5) is 0 Å². The Hall–Kier alpha value is -6.33. The maximum Gasteiger partial charge on any atom is 0.307 e. The Labute approximate surface area is 336 Å². The lowest BCUT2D eigenvalue weighted by atomic mass is 10.0. The minimum absolute atomic E-state index is 0.0659. The number of ether oxygens (including phenoxy) is 1. The van der Waals surface area contributed by atoms with Crippen molar-refractivity contribution in [3.05, 3.63) is 113 Å². The quantitative estimate of drug-likeness (QED) is 0.0668. The Morgan fingerprint density at radius 1 is 0.776 bits per heavy atom. The number of rotatable bonds is 21. The number of nitrogens with zero attached hydrogens (tertiary/aromatic N) is 1. The zero-order valence-corrected chi connectivity index (χ0v) is 33.0. The minimum atomic E-state index is -4.28. The monoisotopic (exact) mass is 817 g/mol. The topological polar surface area (TPSA) is 238 Å². The van der Waals surface area contributed by atoms with Crippen LogP contribution < -0.4 is 26.0 Å². The largest absolute Gasteiger partial charge is 0.493 e. The van der Waals surface area contributed by atoms with Crippen molar-refractivity contribution in [3.8, 4) is 5.75 Å². The third-order valence-electron chi connectivity index (χ3n) is 8.73. The molecule has 0 fully saturated rings. The van der Waals surface area contributed by atoms with Crippen molar-refractivity contribution >= 4 is 56.4 Å². The molecule has 0 aliphatic carbocycles. The molecule has 4 aromatic rings. The van der Waals surface area contributed by atoms with Gasteiger partial charge in [-0.05, 0) is 52.4 Å². The van der Waals surface area contributed by atoms with Crippen LogP contribution in [0.1, 0.15) is 52.9 Å². The van der Waals surface area contributed by atoms with Gasteiger partial charge >= 0.3 is 5.97 Å². The molecule has 0 radical (unpaired) electrons. The van der Waals surface area contributed by atoms with Crippen molar-refractivity contribution in [1.29, 1.82) is 0 Å². The summed E-state index contributed by atoms with van der Waals surface area (Å²) in [7, 11) is -4.28. The van der Waals surface area contributed by atoms with E-state index in [1.54, 1.807) is 68.4 Å². The molecule has 16 nitrogen and oxygen atoms in total. The van der Waals surface area contributed by atoms with Gasteiger partial charge in [-0.1, -0.05) is 85.8 Å². The molecule has 1 unspecified atom stereocenters. The fraction of sp³-hybridized carbons (Fsp3) is 0.317. The summed E-state index contributed by atoms with van der Waals surface area (Å²) in [6.45, 7) is 2.82. The van der Waals surface area contributed by atoms with E-state index in [1.165, 1.54) is 17.0 Å². The standard InChI is InChI=1S/C41H47N5O11S/c1-3-18-46(25-36(48)43-23-35(47)42-22-30-9-7-8-29(19-30)21-38(50)51)37(49)24-44-40(52)33(20-27-12-14-28(15-13-27)26-58(54,55)56)45-41(53)39-32-11-6-5-10-31(32)16-17-34(39)57-4-2/h5-17,19,33H,3-4,18,20-26H2,1-2H3,(H,42,47)(H,43,48)(H,44,52)(H,45,53)(H,50,51)(H,54,55,56). The van der Waals surface area contributed by atoms with Gasteiger partial charge in [-0.25, -0.2) is 0 Å². The lowest BCUT2D eigenvalue weighted by Gasteiger charge is -2.23. The summed E-state index contributed by atoms with van der Waals surface area (Å²) < 4.78 is 37.7. The number of hydrogen-bond donors (Lipinski definition) is 6. The highest BCUT2D eigenvalue weighted by Crippen LogP contribution is 2.28. The molecule has 308 valence electrons. The lowest BCUT2D eigenvalue weighted by Crippen LogP contribution is -2.51. The van der Waals surface area contributed by atoms with Gasteiger partial charge in [-0.3, -0.25) is 33.3 Å². The van der Waals surface area contributed by atoms with Gasteiger partial charge in [0.2, 0.25) is 23.6 Å². The van der Waals surface area contributed by atoms with Gasteiger partial charge in [0.15, 0.2) is 0 Å². The number of carbonyl (C=O) groups is 6. The fourth-order valence-electron chi connectivity index (χ4n) is 6.07. The third kappa shape index (κ3) is 14.0. The Bertz CT molecular complexity index is 2230. The van der Waals surface area contributed by atoms with Crippen molar-refractivity contribution in [2.75, 3.05) is 32.8 Å².